The summed E-state index contributed by atoms with van der Waals surface area (Å²) in [5.41, 5.74) is 0. The Kier molecular flexibility index (Phi) is 5.41. The van der Waals surface area contributed by atoms with Crippen LogP contribution in [0.2, 0.25) is 0 Å². The summed E-state index contributed by atoms with van der Waals surface area (Å²) in [7, 11) is -1.93. The molecule has 118 valence electrons. The predicted octanol–water partition coefficient (Wildman–Crippen LogP) is 2.44. The summed E-state index contributed by atoms with van der Waals surface area (Å²) >= 11 is 0. The van der Waals surface area contributed by atoms with Gasteiger partial charge in [0, 0.05) is 0 Å². The molecule has 0 saturated heterocycles. The summed E-state index contributed by atoms with van der Waals surface area (Å²) in [4.78, 5) is 0.242. The van der Waals surface area contributed by atoms with E-state index in [0.29, 0.717) is 5.75 Å². The topological polar surface area (TPSA) is 64.6 Å². The van der Waals surface area contributed by atoms with Crippen LogP contribution < -0.4 is 14.2 Å². The van der Waals surface area contributed by atoms with E-state index in [2.05, 4.69) is 4.72 Å². The molecule has 0 aliphatic heterocycles. The maximum Gasteiger partial charge on any atom is 0.240 e. The van der Waals surface area contributed by atoms with Crippen molar-refractivity contribution in [2.75, 3.05) is 13.7 Å². The summed E-state index contributed by atoms with van der Waals surface area (Å²) in [5.74, 6) is 1.40. The van der Waals surface area contributed by atoms with Crippen molar-refractivity contribution in [3.05, 3.63) is 54.6 Å². The Balaban J connectivity index is 1.91. The highest BCUT2D eigenvalue weighted by atomic mass is 32.2. The molecule has 2 aromatic rings. The zero-order valence-corrected chi connectivity index (χ0v) is 13.3. The van der Waals surface area contributed by atoms with E-state index < -0.39 is 10.0 Å². The standard InChI is InChI=1S/C16H19NO4S/c1-13(12-21-15-10-8-14(20-2)9-11-15)17-22(18,19)16-6-4-3-5-7-16/h3-11,13,17H,12H2,1-2H3/t13-/m1/s1. The number of benzene rings is 2. The molecule has 2 rings (SSSR count). The normalized spacial score (nSPS) is 12.6. The molecular weight excluding hydrogens is 302 g/mol. The van der Waals surface area contributed by atoms with Crippen LogP contribution >= 0.6 is 0 Å². The minimum atomic E-state index is -3.52. The molecule has 2 aromatic carbocycles. The second kappa shape index (κ2) is 7.29. The molecule has 22 heavy (non-hydrogen) atoms. The highest BCUT2D eigenvalue weighted by Crippen LogP contribution is 2.17. The maximum absolute atomic E-state index is 12.2. The Hall–Kier alpha value is -2.05. The van der Waals surface area contributed by atoms with E-state index in [-0.39, 0.29) is 17.5 Å². The zero-order chi connectivity index (χ0) is 16.0. The van der Waals surface area contributed by atoms with Gasteiger partial charge in [-0.2, -0.15) is 0 Å². The number of sulfonamides is 1. The van der Waals surface area contributed by atoms with Crippen LogP contribution in [0.4, 0.5) is 0 Å². The van der Waals surface area contributed by atoms with Crippen molar-refractivity contribution in [3.8, 4) is 11.5 Å². The molecule has 0 heterocycles. The molecule has 0 aromatic heterocycles. The fraction of sp³-hybridized carbons (Fsp3) is 0.250. The summed E-state index contributed by atoms with van der Waals surface area (Å²) in [6, 6.07) is 15.0. The van der Waals surface area contributed by atoms with Crippen molar-refractivity contribution in [2.24, 2.45) is 0 Å². The van der Waals surface area contributed by atoms with E-state index in [1.807, 2.05) is 0 Å². The van der Waals surface area contributed by atoms with Crippen molar-refractivity contribution in [2.45, 2.75) is 17.9 Å². The smallest absolute Gasteiger partial charge is 0.240 e. The largest absolute Gasteiger partial charge is 0.497 e. The van der Waals surface area contributed by atoms with Gasteiger partial charge in [0.05, 0.1) is 18.0 Å². The Morgan fingerprint density at radius 1 is 1.00 bits per heavy atom. The molecule has 0 saturated carbocycles. The maximum atomic E-state index is 12.2. The van der Waals surface area contributed by atoms with Crippen LogP contribution in [-0.4, -0.2) is 28.2 Å². The van der Waals surface area contributed by atoms with Crippen LogP contribution in [0, 0.1) is 0 Å². The summed E-state index contributed by atoms with van der Waals surface area (Å²) in [6.45, 7) is 1.99. The molecule has 0 aliphatic carbocycles. The van der Waals surface area contributed by atoms with E-state index in [9.17, 15) is 8.42 Å². The number of nitrogens with one attached hydrogen (secondary N) is 1. The molecule has 0 aliphatic rings. The average molecular weight is 321 g/mol. The first-order valence-corrected chi connectivity index (χ1v) is 8.34. The number of hydrogen-bond donors (Lipinski definition) is 1. The van der Waals surface area contributed by atoms with Gasteiger partial charge in [0.25, 0.3) is 0 Å². The summed E-state index contributed by atoms with van der Waals surface area (Å²) < 4.78 is 37.5. The molecule has 0 bridgehead atoms. The first-order valence-electron chi connectivity index (χ1n) is 6.85. The molecule has 5 nitrogen and oxygen atoms in total. The summed E-state index contributed by atoms with van der Waals surface area (Å²) in [5, 5.41) is 0. The van der Waals surface area contributed by atoms with E-state index >= 15 is 0 Å². The highest BCUT2D eigenvalue weighted by Gasteiger charge is 2.17. The monoisotopic (exact) mass is 321 g/mol. The van der Waals surface area contributed by atoms with Crippen LogP contribution in [0.5, 0.6) is 11.5 Å². The van der Waals surface area contributed by atoms with Gasteiger partial charge in [-0.25, -0.2) is 13.1 Å². The third-order valence-electron chi connectivity index (χ3n) is 2.97. The van der Waals surface area contributed by atoms with Gasteiger partial charge in [-0.3, -0.25) is 0 Å². The first-order chi connectivity index (χ1) is 10.5. The van der Waals surface area contributed by atoms with Gasteiger partial charge in [0.2, 0.25) is 10.0 Å². The van der Waals surface area contributed by atoms with Crippen LogP contribution in [-0.2, 0) is 10.0 Å². The first kappa shape index (κ1) is 16.3. The van der Waals surface area contributed by atoms with Gasteiger partial charge in [-0.15, -0.1) is 0 Å². The Bertz CT molecular complexity index is 684. The summed E-state index contributed by atoms with van der Waals surface area (Å²) in [6.07, 6.45) is 0. The molecule has 1 atom stereocenters. The lowest BCUT2D eigenvalue weighted by atomic mass is 10.3. The molecule has 1 N–H and O–H groups in total. The van der Waals surface area contributed by atoms with Crippen molar-refractivity contribution in [1.29, 1.82) is 0 Å². The lowest BCUT2D eigenvalue weighted by Gasteiger charge is -2.15. The highest BCUT2D eigenvalue weighted by molar-refractivity contribution is 7.89. The number of hydrogen-bond acceptors (Lipinski definition) is 4. The Morgan fingerprint density at radius 3 is 2.18 bits per heavy atom. The van der Waals surface area contributed by atoms with E-state index in [0.717, 1.165) is 5.75 Å². The van der Waals surface area contributed by atoms with Crippen molar-refractivity contribution in [3.63, 3.8) is 0 Å². The fourth-order valence-electron chi connectivity index (χ4n) is 1.86. The quantitative estimate of drug-likeness (QED) is 0.851. The lowest BCUT2D eigenvalue weighted by Crippen LogP contribution is -2.36. The number of methoxy groups -OCH3 is 1. The lowest BCUT2D eigenvalue weighted by molar-refractivity contribution is 0.287. The van der Waals surface area contributed by atoms with E-state index in [1.165, 1.54) is 0 Å². The van der Waals surface area contributed by atoms with Gasteiger partial charge in [-0.1, -0.05) is 18.2 Å². The molecule has 0 fully saturated rings. The Labute approximate surface area is 130 Å². The van der Waals surface area contributed by atoms with Gasteiger partial charge in [0.1, 0.15) is 18.1 Å². The molecule has 6 heteroatoms. The van der Waals surface area contributed by atoms with Gasteiger partial charge in [-0.05, 0) is 43.3 Å². The molecule has 0 spiro atoms. The zero-order valence-electron chi connectivity index (χ0n) is 12.5. The average Bonchev–Trinajstić information content (AvgIpc) is 2.54. The minimum Gasteiger partial charge on any atom is -0.497 e. The second-order valence-corrected chi connectivity index (χ2v) is 6.54. The molecule has 0 amide bonds. The Morgan fingerprint density at radius 2 is 1.59 bits per heavy atom. The predicted molar refractivity (Wildman–Crippen MR) is 84.7 cm³/mol. The van der Waals surface area contributed by atoms with Crippen LogP contribution in [0.1, 0.15) is 6.92 Å². The molecular formula is C16H19NO4S. The van der Waals surface area contributed by atoms with Crippen molar-refractivity contribution >= 4 is 10.0 Å². The fourth-order valence-corrected chi connectivity index (χ4v) is 3.11. The molecule has 0 unspecified atom stereocenters. The minimum absolute atomic E-state index is 0.235. The van der Waals surface area contributed by atoms with E-state index in [1.54, 1.807) is 68.6 Å². The van der Waals surface area contributed by atoms with Crippen LogP contribution in [0.3, 0.4) is 0 Å². The van der Waals surface area contributed by atoms with Crippen LogP contribution in [0.15, 0.2) is 59.5 Å². The number of ether oxygens (including phenoxy) is 2. The van der Waals surface area contributed by atoms with Crippen molar-refractivity contribution < 1.29 is 17.9 Å². The second-order valence-electron chi connectivity index (χ2n) is 4.82. The van der Waals surface area contributed by atoms with Gasteiger partial charge in [0.15, 0.2) is 0 Å². The van der Waals surface area contributed by atoms with Gasteiger partial charge >= 0.3 is 0 Å². The molecule has 0 radical (unpaired) electrons. The van der Waals surface area contributed by atoms with Crippen molar-refractivity contribution in [1.82, 2.24) is 4.72 Å². The van der Waals surface area contributed by atoms with Gasteiger partial charge < -0.3 is 9.47 Å². The third kappa shape index (κ3) is 4.47. The van der Waals surface area contributed by atoms with E-state index in [4.69, 9.17) is 9.47 Å². The SMILES string of the molecule is COc1ccc(OC[C@@H](C)NS(=O)(=O)c2ccccc2)cc1. The van der Waals surface area contributed by atoms with Crippen LogP contribution in [0.25, 0.3) is 0 Å². The third-order valence-corrected chi connectivity index (χ3v) is 4.57. The number of rotatable bonds is 7.